The smallest absolute Gasteiger partial charge is 0.196 e. The van der Waals surface area contributed by atoms with E-state index in [9.17, 15) is 4.79 Å². The van der Waals surface area contributed by atoms with Gasteiger partial charge >= 0.3 is 0 Å². The van der Waals surface area contributed by atoms with E-state index in [2.05, 4.69) is 14.9 Å². The third-order valence-electron chi connectivity index (χ3n) is 2.76. The Morgan fingerprint density at radius 3 is 3.12 bits per heavy atom. The molecule has 1 aliphatic rings. The summed E-state index contributed by atoms with van der Waals surface area (Å²) in [6.07, 6.45) is 6.72. The molecule has 2 rings (SSSR count). The lowest BCUT2D eigenvalue weighted by molar-refractivity contribution is 0.0903. The second-order valence-corrected chi connectivity index (χ2v) is 4.15. The van der Waals surface area contributed by atoms with Gasteiger partial charge in [0, 0.05) is 25.0 Å². The molecule has 1 aromatic heterocycles. The fourth-order valence-corrected chi connectivity index (χ4v) is 1.96. The van der Waals surface area contributed by atoms with Crippen molar-refractivity contribution in [3.63, 3.8) is 0 Å². The van der Waals surface area contributed by atoms with E-state index in [1.807, 2.05) is 0 Å². The highest BCUT2D eigenvalue weighted by atomic mass is 16.1. The average molecular weight is 220 g/mol. The minimum atomic E-state index is 0.0159. The van der Waals surface area contributed by atoms with E-state index in [-0.39, 0.29) is 11.8 Å². The van der Waals surface area contributed by atoms with Gasteiger partial charge in [-0.1, -0.05) is 0 Å². The molecule has 0 aromatic carbocycles. The number of hydrogen-bond donors (Lipinski definition) is 1. The van der Waals surface area contributed by atoms with Gasteiger partial charge in [0.2, 0.25) is 0 Å². The predicted octanol–water partition coefficient (Wildman–Crippen LogP) is 0.0824. The Labute approximate surface area is 94.7 Å². The zero-order valence-corrected chi connectivity index (χ0v) is 9.17. The van der Waals surface area contributed by atoms with Gasteiger partial charge in [-0.2, -0.15) is 0 Å². The van der Waals surface area contributed by atoms with Crippen molar-refractivity contribution in [2.45, 2.75) is 18.9 Å². The molecule has 1 fully saturated rings. The van der Waals surface area contributed by atoms with Crippen molar-refractivity contribution in [3.8, 4) is 0 Å². The summed E-state index contributed by atoms with van der Waals surface area (Å²) in [5.41, 5.74) is 6.29. The number of carbonyl (C=O) groups excluding carboxylic acids is 1. The van der Waals surface area contributed by atoms with Crippen molar-refractivity contribution in [1.82, 2.24) is 14.9 Å². The Morgan fingerprint density at radius 1 is 1.56 bits per heavy atom. The van der Waals surface area contributed by atoms with E-state index in [0.717, 1.165) is 25.9 Å². The molecule has 1 atom stereocenters. The molecule has 5 heteroatoms. The molecule has 0 aliphatic carbocycles. The molecule has 0 saturated carbocycles. The number of piperidine rings is 1. The Morgan fingerprint density at radius 2 is 2.44 bits per heavy atom. The third-order valence-corrected chi connectivity index (χ3v) is 2.76. The fraction of sp³-hybridized carbons (Fsp3) is 0.545. The SMILES string of the molecule is NC1CCCN(CC(=O)c2cnccn2)C1. The van der Waals surface area contributed by atoms with Crippen molar-refractivity contribution in [3.05, 3.63) is 24.3 Å². The molecule has 2 N–H and O–H groups in total. The molecule has 1 saturated heterocycles. The molecule has 1 aliphatic heterocycles. The minimum Gasteiger partial charge on any atom is -0.327 e. The fourth-order valence-electron chi connectivity index (χ4n) is 1.96. The molecule has 0 bridgehead atoms. The van der Waals surface area contributed by atoms with E-state index >= 15 is 0 Å². The van der Waals surface area contributed by atoms with Gasteiger partial charge in [0.1, 0.15) is 5.69 Å². The van der Waals surface area contributed by atoms with Crippen LogP contribution in [-0.4, -0.2) is 46.3 Å². The highest BCUT2D eigenvalue weighted by Crippen LogP contribution is 2.08. The maximum absolute atomic E-state index is 11.8. The second kappa shape index (κ2) is 5.14. The summed E-state index contributed by atoms with van der Waals surface area (Å²) in [5, 5.41) is 0. The number of nitrogens with zero attached hydrogens (tertiary/aromatic N) is 3. The number of nitrogens with two attached hydrogens (primary N) is 1. The third kappa shape index (κ3) is 2.84. The maximum Gasteiger partial charge on any atom is 0.196 e. The van der Waals surface area contributed by atoms with E-state index in [1.165, 1.54) is 12.4 Å². The summed E-state index contributed by atoms with van der Waals surface area (Å²) in [7, 11) is 0. The van der Waals surface area contributed by atoms with Crippen LogP contribution in [0, 0.1) is 0 Å². The quantitative estimate of drug-likeness (QED) is 0.730. The lowest BCUT2D eigenvalue weighted by atomic mass is 10.1. The van der Waals surface area contributed by atoms with Crippen LogP contribution in [0.1, 0.15) is 23.3 Å². The number of ketones is 1. The van der Waals surface area contributed by atoms with E-state index < -0.39 is 0 Å². The number of rotatable bonds is 3. The monoisotopic (exact) mass is 220 g/mol. The number of aromatic nitrogens is 2. The van der Waals surface area contributed by atoms with Crippen LogP contribution < -0.4 is 5.73 Å². The van der Waals surface area contributed by atoms with Crippen molar-refractivity contribution >= 4 is 5.78 Å². The zero-order chi connectivity index (χ0) is 11.4. The van der Waals surface area contributed by atoms with Crippen LogP contribution in [0.25, 0.3) is 0 Å². The van der Waals surface area contributed by atoms with E-state index in [4.69, 9.17) is 5.73 Å². The molecule has 1 aromatic rings. The summed E-state index contributed by atoms with van der Waals surface area (Å²) in [6.45, 7) is 2.14. The molecule has 1 unspecified atom stereocenters. The van der Waals surface area contributed by atoms with E-state index in [1.54, 1.807) is 6.20 Å². The van der Waals surface area contributed by atoms with Gasteiger partial charge < -0.3 is 5.73 Å². The van der Waals surface area contributed by atoms with Crippen LogP contribution in [0.3, 0.4) is 0 Å². The first kappa shape index (κ1) is 11.2. The Kier molecular flexibility index (Phi) is 3.58. The highest BCUT2D eigenvalue weighted by molar-refractivity contribution is 5.95. The Hall–Kier alpha value is -1.33. The predicted molar refractivity (Wildman–Crippen MR) is 60.0 cm³/mol. The van der Waals surface area contributed by atoms with Crippen molar-refractivity contribution in [2.24, 2.45) is 5.73 Å². The lowest BCUT2D eigenvalue weighted by Gasteiger charge is -2.29. The highest BCUT2D eigenvalue weighted by Gasteiger charge is 2.19. The molecule has 0 amide bonds. The van der Waals surface area contributed by atoms with Crippen LogP contribution in [0.4, 0.5) is 0 Å². The number of Topliss-reactive ketones (excluding diaryl/α,β-unsaturated/α-hetero) is 1. The minimum absolute atomic E-state index is 0.0159. The normalized spacial score (nSPS) is 21.9. The van der Waals surface area contributed by atoms with Gasteiger partial charge in [-0.3, -0.25) is 14.7 Å². The van der Waals surface area contributed by atoms with E-state index in [0.29, 0.717) is 12.2 Å². The summed E-state index contributed by atoms with van der Waals surface area (Å²) < 4.78 is 0. The Balaban J connectivity index is 1.92. The van der Waals surface area contributed by atoms with Gasteiger partial charge in [-0.05, 0) is 19.4 Å². The molecule has 0 radical (unpaired) electrons. The number of hydrogen-bond acceptors (Lipinski definition) is 5. The first-order valence-electron chi connectivity index (χ1n) is 5.53. The number of carbonyl (C=O) groups is 1. The summed E-state index contributed by atoms with van der Waals surface area (Å²) >= 11 is 0. The lowest BCUT2D eigenvalue weighted by Crippen LogP contribution is -2.44. The van der Waals surface area contributed by atoms with Crippen molar-refractivity contribution in [2.75, 3.05) is 19.6 Å². The molecule has 16 heavy (non-hydrogen) atoms. The molecule has 2 heterocycles. The molecule has 86 valence electrons. The standard InChI is InChI=1S/C11H16N4O/c12-9-2-1-5-15(7-9)8-11(16)10-6-13-3-4-14-10/h3-4,6,9H,1-2,5,7-8,12H2. The number of likely N-dealkylation sites (tertiary alicyclic amines) is 1. The Bertz CT molecular complexity index is 354. The largest absolute Gasteiger partial charge is 0.327 e. The molecule has 0 spiro atoms. The summed E-state index contributed by atoms with van der Waals surface area (Å²) in [6, 6.07) is 0.198. The first-order chi connectivity index (χ1) is 7.75. The van der Waals surface area contributed by atoms with Crippen LogP contribution >= 0.6 is 0 Å². The van der Waals surface area contributed by atoms with Crippen molar-refractivity contribution < 1.29 is 4.79 Å². The molecule has 5 nitrogen and oxygen atoms in total. The van der Waals surface area contributed by atoms with Crippen LogP contribution in [0.5, 0.6) is 0 Å². The molecular formula is C11H16N4O. The zero-order valence-electron chi connectivity index (χ0n) is 9.17. The topological polar surface area (TPSA) is 72.1 Å². The first-order valence-corrected chi connectivity index (χ1v) is 5.53. The summed E-state index contributed by atoms with van der Waals surface area (Å²) in [5.74, 6) is 0.0159. The van der Waals surface area contributed by atoms with Gasteiger partial charge in [0.05, 0.1) is 12.7 Å². The van der Waals surface area contributed by atoms with Crippen LogP contribution in [-0.2, 0) is 0 Å². The second-order valence-electron chi connectivity index (χ2n) is 4.15. The maximum atomic E-state index is 11.8. The van der Waals surface area contributed by atoms with Gasteiger partial charge in [-0.25, -0.2) is 4.98 Å². The van der Waals surface area contributed by atoms with Gasteiger partial charge in [-0.15, -0.1) is 0 Å². The van der Waals surface area contributed by atoms with Crippen molar-refractivity contribution in [1.29, 1.82) is 0 Å². The summed E-state index contributed by atoms with van der Waals surface area (Å²) in [4.78, 5) is 21.8. The average Bonchev–Trinajstić information content (AvgIpc) is 2.30. The van der Waals surface area contributed by atoms with Crippen LogP contribution in [0.15, 0.2) is 18.6 Å². The molecular weight excluding hydrogens is 204 g/mol. The van der Waals surface area contributed by atoms with Gasteiger partial charge in [0.25, 0.3) is 0 Å². The van der Waals surface area contributed by atoms with Crippen LogP contribution in [0.2, 0.25) is 0 Å². The van der Waals surface area contributed by atoms with Gasteiger partial charge in [0.15, 0.2) is 5.78 Å².